The molecule has 162 valence electrons. The molecule has 31 heavy (non-hydrogen) atoms. The fraction of sp³-hybridized carbons (Fsp3) is 0.292. The summed E-state index contributed by atoms with van der Waals surface area (Å²) in [5.41, 5.74) is 3.31. The molecule has 1 heterocycles. The summed E-state index contributed by atoms with van der Waals surface area (Å²) < 4.78 is 0. The Morgan fingerprint density at radius 2 is 1.58 bits per heavy atom. The van der Waals surface area contributed by atoms with Crippen LogP contribution in [-0.4, -0.2) is 39.6 Å². The number of carbonyl (C=O) groups is 3. The first-order valence-corrected chi connectivity index (χ1v) is 10.3. The monoisotopic (exact) mass is 422 g/mol. The number of nitrogens with zero attached hydrogens (tertiary/aromatic N) is 1. The number of urea groups is 1. The highest BCUT2D eigenvalue weighted by atomic mass is 16.4. The number of hydrogen-bond donors (Lipinski definition) is 3. The van der Waals surface area contributed by atoms with Gasteiger partial charge in [-0.1, -0.05) is 61.0 Å². The number of carbonyl (C=O) groups excluding carboxylic acids is 1. The van der Waals surface area contributed by atoms with Gasteiger partial charge in [0.25, 0.3) is 0 Å². The minimum Gasteiger partial charge on any atom is -0.481 e. The van der Waals surface area contributed by atoms with Crippen LogP contribution in [0.5, 0.6) is 0 Å². The third kappa shape index (κ3) is 5.31. The molecule has 2 aromatic rings. The highest BCUT2D eigenvalue weighted by molar-refractivity contribution is 5.93. The standard InChI is InChI=1S/C24H26N2O5/c1-16-21(23(29)30)22(25-24(31)26(16)15-7-3-6-10-20(27)28)19-13-11-18(12-14-19)17-8-4-2-5-9-17/h2,4-5,8-9,11-14,22H,3,6-7,10,15H2,1H3,(H,25,31)(H,27,28)(H,29,30). The molecule has 3 rings (SSSR count). The first kappa shape index (κ1) is 22.1. The Bertz CT molecular complexity index is 983. The average Bonchev–Trinajstić information content (AvgIpc) is 2.75. The van der Waals surface area contributed by atoms with E-state index in [1.54, 1.807) is 6.92 Å². The van der Waals surface area contributed by atoms with E-state index < -0.39 is 18.0 Å². The molecule has 2 aromatic carbocycles. The van der Waals surface area contributed by atoms with Gasteiger partial charge in [0, 0.05) is 18.7 Å². The van der Waals surface area contributed by atoms with E-state index in [9.17, 15) is 19.5 Å². The number of benzene rings is 2. The summed E-state index contributed by atoms with van der Waals surface area (Å²) in [6.07, 6.45) is 1.86. The SMILES string of the molecule is CC1=C(C(=O)O)C(c2ccc(-c3ccccc3)cc2)NC(=O)N1CCCCCC(=O)O. The zero-order valence-electron chi connectivity index (χ0n) is 17.4. The second-order valence-electron chi connectivity index (χ2n) is 7.53. The van der Waals surface area contributed by atoms with Crippen LogP contribution in [0.3, 0.4) is 0 Å². The molecule has 0 aliphatic carbocycles. The molecule has 0 spiro atoms. The van der Waals surface area contributed by atoms with E-state index in [0.29, 0.717) is 37.1 Å². The molecule has 0 radical (unpaired) electrons. The minimum absolute atomic E-state index is 0.0858. The van der Waals surface area contributed by atoms with Crippen LogP contribution < -0.4 is 5.32 Å². The highest BCUT2D eigenvalue weighted by Crippen LogP contribution is 2.32. The van der Waals surface area contributed by atoms with E-state index in [1.165, 1.54) is 4.90 Å². The summed E-state index contributed by atoms with van der Waals surface area (Å²) in [5.74, 6) is -1.92. The summed E-state index contributed by atoms with van der Waals surface area (Å²) in [6, 6.07) is 16.3. The summed E-state index contributed by atoms with van der Waals surface area (Å²) >= 11 is 0. The van der Waals surface area contributed by atoms with Gasteiger partial charge in [-0.2, -0.15) is 0 Å². The average molecular weight is 422 g/mol. The number of nitrogens with one attached hydrogen (secondary N) is 1. The van der Waals surface area contributed by atoms with Crippen LogP contribution in [0.15, 0.2) is 65.9 Å². The van der Waals surface area contributed by atoms with Gasteiger partial charge in [-0.15, -0.1) is 0 Å². The molecule has 0 fully saturated rings. The molecule has 0 aromatic heterocycles. The number of hydrogen-bond acceptors (Lipinski definition) is 3. The molecule has 7 heteroatoms. The lowest BCUT2D eigenvalue weighted by molar-refractivity contribution is -0.137. The maximum Gasteiger partial charge on any atom is 0.335 e. The second-order valence-corrected chi connectivity index (χ2v) is 7.53. The molecule has 0 saturated carbocycles. The first-order chi connectivity index (χ1) is 14.9. The van der Waals surface area contributed by atoms with Crippen LogP contribution in [0.25, 0.3) is 11.1 Å². The summed E-state index contributed by atoms with van der Waals surface area (Å²) in [5, 5.41) is 21.4. The number of allylic oxidation sites excluding steroid dienone is 1. The summed E-state index contributed by atoms with van der Waals surface area (Å²) in [6.45, 7) is 1.98. The Balaban J connectivity index is 1.78. The van der Waals surface area contributed by atoms with E-state index in [2.05, 4.69) is 5.32 Å². The van der Waals surface area contributed by atoms with Crippen molar-refractivity contribution in [2.75, 3.05) is 6.54 Å². The van der Waals surface area contributed by atoms with Crippen LogP contribution in [0.2, 0.25) is 0 Å². The zero-order chi connectivity index (χ0) is 22.4. The Labute approximate surface area is 181 Å². The molecular formula is C24H26N2O5. The van der Waals surface area contributed by atoms with Crippen molar-refractivity contribution in [2.24, 2.45) is 0 Å². The fourth-order valence-corrected chi connectivity index (χ4v) is 3.80. The molecule has 3 N–H and O–H groups in total. The Kier molecular flexibility index (Phi) is 7.07. The third-order valence-electron chi connectivity index (χ3n) is 5.45. The maximum absolute atomic E-state index is 12.7. The Morgan fingerprint density at radius 3 is 2.19 bits per heavy atom. The van der Waals surface area contributed by atoms with E-state index in [0.717, 1.165) is 11.1 Å². The van der Waals surface area contributed by atoms with E-state index >= 15 is 0 Å². The second kappa shape index (κ2) is 9.93. The van der Waals surface area contributed by atoms with Gasteiger partial charge in [0.15, 0.2) is 0 Å². The van der Waals surface area contributed by atoms with E-state index in [4.69, 9.17) is 5.11 Å². The molecule has 1 atom stereocenters. The zero-order valence-corrected chi connectivity index (χ0v) is 17.4. The largest absolute Gasteiger partial charge is 0.481 e. The smallest absolute Gasteiger partial charge is 0.335 e. The van der Waals surface area contributed by atoms with Crippen molar-refractivity contribution < 1.29 is 24.6 Å². The summed E-state index contributed by atoms with van der Waals surface area (Å²) in [7, 11) is 0. The van der Waals surface area contributed by atoms with Gasteiger partial charge in [0.05, 0.1) is 11.6 Å². The first-order valence-electron chi connectivity index (χ1n) is 10.3. The minimum atomic E-state index is -1.08. The van der Waals surface area contributed by atoms with Gasteiger partial charge in [0.2, 0.25) is 0 Å². The van der Waals surface area contributed by atoms with Gasteiger partial charge >= 0.3 is 18.0 Å². The Hall–Kier alpha value is -3.61. The number of carboxylic acid groups (broad SMARTS) is 2. The van der Waals surface area contributed by atoms with Crippen LogP contribution in [0.4, 0.5) is 4.79 Å². The number of aliphatic carboxylic acids is 2. The lowest BCUT2D eigenvalue weighted by Gasteiger charge is -2.35. The van der Waals surface area contributed by atoms with Crippen LogP contribution in [-0.2, 0) is 9.59 Å². The maximum atomic E-state index is 12.7. The molecule has 2 amide bonds. The van der Waals surface area contributed by atoms with Crippen molar-refractivity contribution in [1.29, 1.82) is 0 Å². The van der Waals surface area contributed by atoms with Gasteiger partial charge in [-0.3, -0.25) is 9.69 Å². The fourth-order valence-electron chi connectivity index (χ4n) is 3.80. The van der Waals surface area contributed by atoms with Crippen molar-refractivity contribution in [3.8, 4) is 11.1 Å². The lowest BCUT2D eigenvalue weighted by atomic mass is 9.93. The van der Waals surface area contributed by atoms with Gasteiger partial charge < -0.3 is 15.5 Å². The van der Waals surface area contributed by atoms with Crippen molar-refractivity contribution in [3.63, 3.8) is 0 Å². The number of unbranched alkanes of at least 4 members (excludes halogenated alkanes) is 2. The van der Waals surface area contributed by atoms with Crippen LogP contribution >= 0.6 is 0 Å². The van der Waals surface area contributed by atoms with Crippen molar-refractivity contribution in [3.05, 3.63) is 71.4 Å². The molecular weight excluding hydrogens is 396 g/mol. The normalized spacial score (nSPS) is 16.2. The predicted molar refractivity (Wildman–Crippen MR) is 116 cm³/mol. The summed E-state index contributed by atoms with van der Waals surface area (Å²) in [4.78, 5) is 36.8. The van der Waals surface area contributed by atoms with E-state index in [-0.39, 0.29) is 18.0 Å². The van der Waals surface area contributed by atoms with Crippen LogP contribution in [0.1, 0.15) is 44.2 Å². The third-order valence-corrected chi connectivity index (χ3v) is 5.45. The highest BCUT2D eigenvalue weighted by Gasteiger charge is 2.35. The van der Waals surface area contributed by atoms with Gasteiger partial charge in [-0.25, -0.2) is 9.59 Å². The molecule has 1 aliphatic heterocycles. The van der Waals surface area contributed by atoms with Gasteiger partial charge in [0.1, 0.15) is 0 Å². The lowest BCUT2D eigenvalue weighted by Crippen LogP contribution is -2.48. The topological polar surface area (TPSA) is 107 Å². The quantitative estimate of drug-likeness (QED) is 0.519. The van der Waals surface area contributed by atoms with E-state index in [1.807, 2.05) is 54.6 Å². The molecule has 1 aliphatic rings. The molecule has 0 bridgehead atoms. The number of carboxylic acids is 2. The van der Waals surface area contributed by atoms with Crippen LogP contribution in [0, 0.1) is 0 Å². The number of rotatable bonds is 9. The molecule has 1 unspecified atom stereocenters. The number of amides is 2. The Morgan fingerprint density at radius 1 is 0.935 bits per heavy atom. The van der Waals surface area contributed by atoms with Crippen molar-refractivity contribution in [2.45, 2.75) is 38.6 Å². The predicted octanol–water partition coefficient (Wildman–Crippen LogP) is 4.42. The van der Waals surface area contributed by atoms with Crippen molar-refractivity contribution in [1.82, 2.24) is 10.2 Å². The molecule has 7 nitrogen and oxygen atoms in total. The van der Waals surface area contributed by atoms with Gasteiger partial charge in [-0.05, 0) is 36.5 Å². The molecule has 0 saturated heterocycles. The van der Waals surface area contributed by atoms with Crippen molar-refractivity contribution >= 4 is 18.0 Å².